The maximum absolute atomic E-state index is 11.7. The molecule has 1 aliphatic heterocycles. The molecule has 0 aromatic carbocycles. The maximum Gasteiger partial charge on any atom is 0.326 e. The van der Waals surface area contributed by atoms with Gasteiger partial charge in [-0.15, -0.1) is 0 Å². The molecule has 6 nitrogen and oxygen atoms in total. The molecule has 1 aliphatic rings. The smallest absolute Gasteiger partial charge is 0.326 e. The van der Waals surface area contributed by atoms with E-state index in [1.807, 2.05) is 0 Å². The van der Waals surface area contributed by atoms with Crippen molar-refractivity contribution in [2.24, 2.45) is 0 Å². The number of aliphatic carboxylic acids is 1. The van der Waals surface area contributed by atoms with Gasteiger partial charge >= 0.3 is 12.0 Å². The lowest BCUT2D eigenvalue weighted by Gasteiger charge is -2.31. The van der Waals surface area contributed by atoms with Crippen molar-refractivity contribution in [3.8, 4) is 0 Å². The molecule has 1 heterocycles. The van der Waals surface area contributed by atoms with Crippen LogP contribution < -0.4 is 5.32 Å². The van der Waals surface area contributed by atoms with Gasteiger partial charge in [-0.25, -0.2) is 9.59 Å². The lowest BCUT2D eigenvalue weighted by Crippen LogP contribution is -2.51. The van der Waals surface area contributed by atoms with E-state index >= 15 is 0 Å². The Balaban J connectivity index is 2.47. The number of β-amino-alcohol motifs (C(OH)–C–C–N with tert-alkyl or cyclic N) is 1. The van der Waals surface area contributed by atoms with Crippen LogP contribution in [-0.2, 0) is 4.79 Å². The summed E-state index contributed by atoms with van der Waals surface area (Å²) >= 11 is 0. The molecule has 0 bridgehead atoms. The number of likely N-dealkylation sites (tertiary alicyclic amines) is 1. The van der Waals surface area contributed by atoms with Gasteiger partial charge in [0, 0.05) is 13.1 Å². The Morgan fingerprint density at radius 2 is 2.25 bits per heavy atom. The normalized spacial score (nSPS) is 22.6. The van der Waals surface area contributed by atoms with Crippen LogP contribution in [0.4, 0.5) is 4.79 Å². The average Bonchev–Trinajstić information content (AvgIpc) is 2.25. The molecule has 16 heavy (non-hydrogen) atoms. The molecule has 1 rings (SSSR count). The molecular weight excluding hydrogens is 212 g/mol. The van der Waals surface area contributed by atoms with E-state index in [0.29, 0.717) is 19.4 Å². The Kier molecular flexibility index (Phi) is 4.54. The topological polar surface area (TPSA) is 89.9 Å². The van der Waals surface area contributed by atoms with E-state index in [1.165, 1.54) is 4.90 Å². The molecule has 0 saturated carbocycles. The van der Waals surface area contributed by atoms with E-state index in [0.717, 1.165) is 6.42 Å². The molecule has 0 aromatic heterocycles. The van der Waals surface area contributed by atoms with Gasteiger partial charge in [0.25, 0.3) is 0 Å². The van der Waals surface area contributed by atoms with Crippen LogP contribution in [0.2, 0.25) is 0 Å². The number of urea groups is 1. The number of carboxylic acids is 1. The first-order chi connectivity index (χ1) is 7.54. The molecule has 0 aromatic rings. The fraction of sp³-hybridized carbons (Fsp3) is 0.800. The quantitative estimate of drug-likeness (QED) is 0.637. The predicted molar refractivity (Wildman–Crippen MR) is 57.1 cm³/mol. The van der Waals surface area contributed by atoms with Crippen molar-refractivity contribution >= 4 is 12.0 Å². The zero-order chi connectivity index (χ0) is 12.1. The number of aliphatic hydroxyl groups excluding tert-OH is 1. The molecular formula is C10H18N2O4. The fourth-order valence-electron chi connectivity index (χ4n) is 1.72. The summed E-state index contributed by atoms with van der Waals surface area (Å²) in [6.45, 7) is 2.55. The van der Waals surface area contributed by atoms with Gasteiger partial charge in [-0.1, -0.05) is 6.92 Å². The molecule has 0 radical (unpaired) electrons. The predicted octanol–water partition coefficient (Wildman–Crippen LogP) is 0.0159. The van der Waals surface area contributed by atoms with Gasteiger partial charge in [0.2, 0.25) is 0 Å². The molecule has 0 spiro atoms. The lowest BCUT2D eigenvalue weighted by molar-refractivity contribution is -0.139. The van der Waals surface area contributed by atoms with Crippen LogP contribution in [0.5, 0.6) is 0 Å². The van der Waals surface area contributed by atoms with Crippen LogP contribution in [0, 0.1) is 0 Å². The minimum atomic E-state index is -1.03. The van der Waals surface area contributed by atoms with Crippen LogP contribution in [0.1, 0.15) is 26.2 Å². The number of carbonyl (C=O) groups excluding carboxylic acids is 1. The highest BCUT2D eigenvalue weighted by atomic mass is 16.4. The number of rotatable bonds is 3. The second-order valence-electron chi connectivity index (χ2n) is 3.99. The standard InChI is InChI=1S/C10H18N2O4/c1-2-8(9(14)15)11-10(16)12-5-3-4-7(13)6-12/h7-8,13H,2-6H2,1H3,(H,11,16)(H,14,15). The molecule has 3 N–H and O–H groups in total. The number of aliphatic hydroxyl groups is 1. The van der Waals surface area contributed by atoms with Gasteiger partial charge in [-0.05, 0) is 19.3 Å². The SMILES string of the molecule is CCC(NC(=O)N1CCCC(O)C1)C(=O)O. The number of amides is 2. The summed E-state index contributed by atoms with van der Waals surface area (Å²) in [5, 5.41) is 20.6. The first-order valence-electron chi connectivity index (χ1n) is 5.51. The van der Waals surface area contributed by atoms with Gasteiger partial charge in [-0.3, -0.25) is 0 Å². The van der Waals surface area contributed by atoms with Gasteiger partial charge in [0.1, 0.15) is 6.04 Å². The summed E-state index contributed by atoms with van der Waals surface area (Å²) in [5.74, 6) is -1.03. The summed E-state index contributed by atoms with van der Waals surface area (Å²) in [5.41, 5.74) is 0. The zero-order valence-electron chi connectivity index (χ0n) is 9.35. The number of carboxylic acid groups (broad SMARTS) is 1. The third-order valence-corrected chi connectivity index (χ3v) is 2.69. The number of piperidine rings is 1. The Morgan fingerprint density at radius 3 is 2.75 bits per heavy atom. The van der Waals surface area contributed by atoms with E-state index < -0.39 is 24.1 Å². The van der Waals surface area contributed by atoms with E-state index in [2.05, 4.69) is 5.32 Å². The third kappa shape index (κ3) is 3.37. The summed E-state index contributed by atoms with van der Waals surface area (Å²) in [6.07, 6.45) is 1.29. The molecule has 1 fully saturated rings. The highest BCUT2D eigenvalue weighted by Crippen LogP contribution is 2.10. The van der Waals surface area contributed by atoms with Gasteiger partial charge in [0.15, 0.2) is 0 Å². The van der Waals surface area contributed by atoms with E-state index in [1.54, 1.807) is 6.92 Å². The van der Waals surface area contributed by atoms with Gasteiger partial charge < -0.3 is 20.4 Å². The second-order valence-corrected chi connectivity index (χ2v) is 3.99. The van der Waals surface area contributed by atoms with Crippen molar-refractivity contribution in [2.45, 2.75) is 38.3 Å². The van der Waals surface area contributed by atoms with Crippen LogP contribution in [-0.4, -0.2) is 52.3 Å². The Bertz CT molecular complexity index is 270. The van der Waals surface area contributed by atoms with Crippen molar-refractivity contribution in [1.29, 1.82) is 0 Å². The summed E-state index contributed by atoms with van der Waals surface area (Å²) < 4.78 is 0. The molecule has 0 aliphatic carbocycles. The molecule has 2 atom stereocenters. The van der Waals surface area contributed by atoms with E-state index in [4.69, 9.17) is 5.11 Å². The van der Waals surface area contributed by atoms with Crippen molar-refractivity contribution in [2.75, 3.05) is 13.1 Å². The number of nitrogens with one attached hydrogen (secondary N) is 1. The zero-order valence-corrected chi connectivity index (χ0v) is 9.35. The summed E-state index contributed by atoms with van der Waals surface area (Å²) in [4.78, 5) is 23.8. The Labute approximate surface area is 94.2 Å². The van der Waals surface area contributed by atoms with Crippen molar-refractivity contribution in [3.05, 3.63) is 0 Å². The van der Waals surface area contributed by atoms with Crippen molar-refractivity contribution in [3.63, 3.8) is 0 Å². The van der Waals surface area contributed by atoms with E-state index in [9.17, 15) is 14.7 Å². The number of nitrogens with zero attached hydrogens (tertiary/aromatic N) is 1. The maximum atomic E-state index is 11.7. The molecule has 2 unspecified atom stereocenters. The Hall–Kier alpha value is -1.30. The monoisotopic (exact) mass is 230 g/mol. The number of carbonyl (C=O) groups is 2. The lowest BCUT2D eigenvalue weighted by atomic mass is 10.1. The van der Waals surface area contributed by atoms with Crippen molar-refractivity contribution < 1.29 is 19.8 Å². The van der Waals surface area contributed by atoms with E-state index in [-0.39, 0.29) is 6.54 Å². The highest BCUT2D eigenvalue weighted by molar-refractivity contribution is 5.82. The first kappa shape index (κ1) is 12.8. The summed E-state index contributed by atoms with van der Waals surface area (Å²) in [7, 11) is 0. The minimum Gasteiger partial charge on any atom is -0.480 e. The second kappa shape index (κ2) is 5.69. The van der Waals surface area contributed by atoms with Gasteiger partial charge in [0.05, 0.1) is 6.10 Å². The molecule has 2 amide bonds. The van der Waals surface area contributed by atoms with Crippen molar-refractivity contribution in [1.82, 2.24) is 10.2 Å². The van der Waals surface area contributed by atoms with Crippen LogP contribution in [0.15, 0.2) is 0 Å². The number of hydrogen-bond donors (Lipinski definition) is 3. The highest BCUT2D eigenvalue weighted by Gasteiger charge is 2.25. The van der Waals surface area contributed by atoms with Crippen LogP contribution in [0.25, 0.3) is 0 Å². The van der Waals surface area contributed by atoms with Crippen LogP contribution in [0.3, 0.4) is 0 Å². The molecule has 92 valence electrons. The molecule has 6 heteroatoms. The largest absolute Gasteiger partial charge is 0.480 e. The van der Waals surface area contributed by atoms with Crippen LogP contribution >= 0.6 is 0 Å². The van der Waals surface area contributed by atoms with Gasteiger partial charge in [-0.2, -0.15) is 0 Å². The fourth-order valence-corrected chi connectivity index (χ4v) is 1.72. The number of hydrogen-bond acceptors (Lipinski definition) is 3. The minimum absolute atomic E-state index is 0.280. The first-order valence-corrected chi connectivity index (χ1v) is 5.51. The molecule has 1 saturated heterocycles. The Morgan fingerprint density at radius 1 is 1.56 bits per heavy atom. The third-order valence-electron chi connectivity index (χ3n) is 2.69. The average molecular weight is 230 g/mol. The summed E-state index contributed by atoms with van der Waals surface area (Å²) in [6, 6.07) is -1.26.